The predicted molar refractivity (Wildman–Crippen MR) is 93.1 cm³/mol. The molecule has 1 aromatic rings. The second-order valence-electron chi connectivity index (χ2n) is 6.96. The third-order valence-corrected chi connectivity index (χ3v) is 5.23. The zero-order chi connectivity index (χ0) is 17.4. The summed E-state index contributed by atoms with van der Waals surface area (Å²) in [5.41, 5.74) is 0.493. The van der Waals surface area contributed by atoms with Gasteiger partial charge in [0.25, 0.3) is 5.91 Å². The molecule has 24 heavy (non-hydrogen) atoms. The van der Waals surface area contributed by atoms with Gasteiger partial charge in [-0.05, 0) is 56.7 Å². The molecule has 2 fully saturated rings. The van der Waals surface area contributed by atoms with Crippen molar-refractivity contribution >= 4 is 27.8 Å². The van der Waals surface area contributed by atoms with E-state index in [1.807, 2.05) is 19.9 Å². The van der Waals surface area contributed by atoms with Gasteiger partial charge >= 0.3 is 5.97 Å². The van der Waals surface area contributed by atoms with E-state index in [4.69, 9.17) is 4.74 Å². The standard InChI is InChI=1S/C18H22BrNO4/c1-10(2)24-16-7-12(19)5-6-13(16)17(21)20-8-14(11-3-4-11)15(9-20)18(22)23/h5-7,10-11,14-15H,3-4,8-9H2,1-2H3,(H,22,23)/t14-,15+/m1/s1. The van der Waals surface area contributed by atoms with Gasteiger partial charge in [-0.1, -0.05) is 15.9 Å². The summed E-state index contributed by atoms with van der Waals surface area (Å²) >= 11 is 3.40. The number of carbonyl (C=O) groups excluding carboxylic acids is 1. The molecular formula is C18H22BrNO4. The Bertz CT molecular complexity index is 656. The molecule has 130 valence electrons. The maximum atomic E-state index is 13.0. The van der Waals surface area contributed by atoms with Crippen LogP contribution in [0, 0.1) is 17.8 Å². The SMILES string of the molecule is CC(C)Oc1cc(Br)ccc1C(=O)N1C[C@H](C(=O)O)[C@@H](C2CC2)C1. The number of halogens is 1. The minimum absolute atomic E-state index is 0.0459. The summed E-state index contributed by atoms with van der Waals surface area (Å²) in [6.45, 7) is 4.63. The fourth-order valence-electron chi connectivity index (χ4n) is 3.45. The van der Waals surface area contributed by atoms with Crippen molar-refractivity contribution in [3.05, 3.63) is 28.2 Å². The van der Waals surface area contributed by atoms with Crippen molar-refractivity contribution in [1.82, 2.24) is 4.90 Å². The summed E-state index contributed by atoms with van der Waals surface area (Å²) in [5, 5.41) is 9.47. The molecule has 1 aliphatic heterocycles. The highest BCUT2D eigenvalue weighted by Gasteiger charge is 2.47. The Morgan fingerprint density at radius 3 is 2.58 bits per heavy atom. The van der Waals surface area contributed by atoms with Crippen LogP contribution in [-0.4, -0.2) is 41.1 Å². The Morgan fingerprint density at radius 2 is 2.00 bits per heavy atom. The molecule has 1 saturated heterocycles. The van der Waals surface area contributed by atoms with E-state index in [0.29, 0.717) is 23.8 Å². The number of rotatable bonds is 5. The van der Waals surface area contributed by atoms with Gasteiger partial charge in [-0.2, -0.15) is 0 Å². The molecule has 1 aliphatic carbocycles. The zero-order valence-corrected chi connectivity index (χ0v) is 15.5. The first-order valence-electron chi connectivity index (χ1n) is 8.35. The topological polar surface area (TPSA) is 66.8 Å². The fourth-order valence-corrected chi connectivity index (χ4v) is 3.79. The van der Waals surface area contributed by atoms with Gasteiger partial charge in [0.15, 0.2) is 0 Å². The number of hydrogen-bond donors (Lipinski definition) is 1. The number of carbonyl (C=O) groups is 2. The van der Waals surface area contributed by atoms with Crippen LogP contribution in [0.3, 0.4) is 0 Å². The number of benzene rings is 1. The highest BCUT2D eigenvalue weighted by Crippen LogP contribution is 2.44. The molecule has 0 bridgehead atoms. The second kappa shape index (κ2) is 6.75. The van der Waals surface area contributed by atoms with Crippen molar-refractivity contribution < 1.29 is 19.4 Å². The summed E-state index contributed by atoms with van der Waals surface area (Å²) in [4.78, 5) is 26.2. The van der Waals surface area contributed by atoms with Crippen molar-refractivity contribution in [1.29, 1.82) is 0 Å². The molecule has 0 radical (unpaired) electrons. The van der Waals surface area contributed by atoms with Crippen LogP contribution in [0.15, 0.2) is 22.7 Å². The first-order chi connectivity index (χ1) is 11.4. The average Bonchev–Trinajstić information content (AvgIpc) is 3.24. The Labute approximate surface area is 150 Å². The lowest BCUT2D eigenvalue weighted by atomic mass is 9.92. The van der Waals surface area contributed by atoms with Crippen molar-refractivity contribution in [3.8, 4) is 5.75 Å². The van der Waals surface area contributed by atoms with Gasteiger partial charge in [0.05, 0.1) is 17.6 Å². The summed E-state index contributed by atoms with van der Waals surface area (Å²) in [6.07, 6.45) is 2.11. The summed E-state index contributed by atoms with van der Waals surface area (Å²) in [6, 6.07) is 5.34. The zero-order valence-electron chi connectivity index (χ0n) is 13.9. The Kier molecular flexibility index (Phi) is 4.85. The third-order valence-electron chi connectivity index (χ3n) is 4.73. The van der Waals surface area contributed by atoms with Crippen LogP contribution < -0.4 is 4.74 Å². The molecule has 6 heteroatoms. The van der Waals surface area contributed by atoms with Crippen LogP contribution in [0.4, 0.5) is 0 Å². The van der Waals surface area contributed by atoms with Gasteiger partial charge in [-0.3, -0.25) is 9.59 Å². The molecule has 1 heterocycles. The quantitative estimate of drug-likeness (QED) is 0.829. The number of carboxylic acids is 1. The maximum Gasteiger partial charge on any atom is 0.308 e. The van der Waals surface area contributed by atoms with E-state index in [9.17, 15) is 14.7 Å². The van der Waals surface area contributed by atoms with E-state index in [0.717, 1.165) is 17.3 Å². The number of aliphatic carboxylic acids is 1. The van der Waals surface area contributed by atoms with Crippen LogP contribution in [0.5, 0.6) is 5.75 Å². The molecule has 3 rings (SSSR count). The lowest BCUT2D eigenvalue weighted by Gasteiger charge is -2.20. The number of ether oxygens (including phenoxy) is 1. The number of amides is 1. The van der Waals surface area contributed by atoms with Crippen molar-refractivity contribution in [3.63, 3.8) is 0 Å². The van der Waals surface area contributed by atoms with E-state index in [1.54, 1.807) is 17.0 Å². The molecule has 1 aromatic carbocycles. The molecule has 1 N–H and O–H groups in total. The molecule has 0 aromatic heterocycles. The largest absolute Gasteiger partial charge is 0.490 e. The van der Waals surface area contributed by atoms with Crippen LogP contribution in [0.1, 0.15) is 37.0 Å². The van der Waals surface area contributed by atoms with Crippen molar-refractivity contribution in [2.45, 2.75) is 32.8 Å². The van der Waals surface area contributed by atoms with Gasteiger partial charge in [-0.25, -0.2) is 0 Å². The Balaban J connectivity index is 1.83. The molecule has 0 spiro atoms. The lowest BCUT2D eigenvalue weighted by Crippen LogP contribution is -2.30. The first kappa shape index (κ1) is 17.3. The molecular weight excluding hydrogens is 374 g/mol. The van der Waals surface area contributed by atoms with Crippen LogP contribution in [0.25, 0.3) is 0 Å². The maximum absolute atomic E-state index is 13.0. The molecule has 1 saturated carbocycles. The minimum atomic E-state index is -0.795. The van der Waals surface area contributed by atoms with E-state index in [-0.39, 0.29) is 24.5 Å². The highest BCUT2D eigenvalue weighted by molar-refractivity contribution is 9.10. The lowest BCUT2D eigenvalue weighted by molar-refractivity contribution is -0.142. The fraction of sp³-hybridized carbons (Fsp3) is 0.556. The van der Waals surface area contributed by atoms with E-state index in [2.05, 4.69) is 15.9 Å². The first-order valence-corrected chi connectivity index (χ1v) is 9.14. The van der Waals surface area contributed by atoms with Gasteiger partial charge in [-0.15, -0.1) is 0 Å². The van der Waals surface area contributed by atoms with Crippen LogP contribution in [-0.2, 0) is 4.79 Å². The molecule has 5 nitrogen and oxygen atoms in total. The van der Waals surface area contributed by atoms with E-state index >= 15 is 0 Å². The Morgan fingerprint density at radius 1 is 1.29 bits per heavy atom. The van der Waals surface area contributed by atoms with Crippen molar-refractivity contribution in [2.75, 3.05) is 13.1 Å². The average molecular weight is 396 g/mol. The summed E-state index contributed by atoms with van der Waals surface area (Å²) in [5.74, 6) is -0.321. The normalized spacial score (nSPS) is 23.6. The highest BCUT2D eigenvalue weighted by atomic mass is 79.9. The van der Waals surface area contributed by atoms with E-state index in [1.165, 1.54) is 0 Å². The molecule has 1 amide bonds. The van der Waals surface area contributed by atoms with Crippen LogP contribution in [0.2, 0.25) is 0 Å². The second-order valence-corrected chi connectivity index (χ2v) is 7.88. The minimum Gasteiger partial charge on any atom is -0.490 e. The third kappa shape index (κ3) is 3.58. The number of nitrogens with zero attached hydrogens (tertiary/aromatic N) is 1. The monoisotopic (exact) mass is 395 g/mol. The number of carboxylic acid groups (broad SMARTS) is 1. The van der Waals surface area contributed by atoms with Gasteiger partial charge in [0, 0.05) is 17.6 Å². The van der Waals surface area contributed by atoms with Gasteiger partial charge < -0.3 is 14.7 Å². The van der Waals surface area contributed by atoms with Crippen LogP contribution >= 0.6 is 15.9 Å². The molecule has 0 unspecified atom stereocenters. The predicted octanol–water partition coefficient (Wildman–Crippen LogP) is 3.42. The smallest absolute Gasteiger partial charge is 0.308 e. The van der Waals surface area contributed by atoms with Gasteiger partial charge in [0.1, 0.15) is 5.75 Å². The number of hydrogen-bond acceptors (Lipinski definition) is 3. The summed E-state index contributed by atoms with van der Waals surface area (Å²) < 4.78 is 6.62. The van der Waals surface area contributed by atoms with Crippen molar-refractivity contribution in [2.24, 2.45) is 17.8 Å². The summed E-state index contributed by atoms with van der Waals surface area (Å²) in [7, 11) is 0. The van der Waals surface area contributed by atoms with Gasteiger partial charge in [0.2, 0.25) is 0 Å². The Hall–Kier alpha value is -1.56. The molecule has 2 atom stereocenters. The molecule has 2 aliphatic rings. The van der Waals surface area contributed by atoms with E-state index < -0.39 is 11.9 Å². The number of likely N-dealkylation sites (tertiary alicyclic amines) is 1.